The number of nitrogens with zero attached hydrogens (tertiary/aromatic N) is 1. The number of thioether (sulfide) groups is 1. The van der Waals surface area contributed by atoms with Gasteiger partial charge < -0.3 is 15.0 Å². The lowest BCUT2D eigenvalue weighted by atomic mass is 10.1. The molecule has 0 aliphatic rings. The molecule has 33 heavy (non-hydrogen) atoms. The van der Waals surface area contributed by atoms with Crippen LogP contribution in [0.15, 0.2) is 77.7 Å². The molecular formula is C25H23ClN2O4S. The Bertz CT molecular complexity index is 1110. The van der Waals surface area contributed by atoms with Crippen LogP contribution in [0.25, 0.3) is 0 Å². The maximum absolute atomic E-state index is 12.2. The van der Waals surface area contributed by atoms with E-state index in [1.54, 1.807) is 62.3 Å². The maximum atomic E-state index is 12.2. The van der Waals surface area contributed by atoms with E-state index in [9.17, 15) is 14.4 Å². The van der Waals surface area contributed by atoms with E-state index in [-0.39, 0.29) is 5.91 Å². The number of anilines is 1. The molecule has 0 aromatic heterocycles. The zero-order valence-electron chi connectivity index (χ0n) is 18.2. The first-order chi connectivity index (χ1) is 15.8. The Morgan fingerprint density at radius 1 is 0.879 bits per heavy atom. The standard InChI is InChI=1S/C25H23ClN2O4S/c1-28(2)24(30)18-7-11-21(12-8-18)27-23(29)15-32-25(31)19-5-3-17(4-6-19)16-33-22-13-9-20(26)10-14-22/h3-14H,15-16H2,1-2H3,(H,27,29). The minimum absolute atomic E-state index is 0.128. The van der Waals surface area contributed by atoms with E-state index in [1.807, 2.05) is 36.4 Å². The van der Waals surface area contributed by atoms with E-state index in [1.165, 1.54) is 4.90 Å². The summed E-state index contributed by atoms with van der Waals surface area (Å²) < 4.78 is 5.11. The second-order valence-electron chi connectivity index (χ2n) is 7.34. The van der Waals surface area contributed by atoms with Gasteiger partial charge in [0, 0.05) is 41.0 Å². The SMILES string of the molecule is CN(C)C(=O)c1ccc(NC(=O)COC(=O)c2ccc(CSc3ccc(Cl)cc3)cc2)cc1. The summed E-state index contributed by atoms with van der Waals surface area (Å²) in [5.74, 6) is -0.422. The molecule has 3 aromatic carbocycles. The van der Waals surface area contributed by atoms with Crippen LogP contribution >= 0.6 is 23.4 Å². The number of halogens is 1. The second kappa shape index (κ2) is 11.5. The number of hydrogen-bond donors (Lipinski definition) is 1. The van der Waals surface area contributed by atoms with Crippen LogP contribution in [0.2, 0.25) is 5.02 Å². The van der Waals surface area contributed by atoms with Crippen LogP contribution in [0, 0.1) is 0 Å². The number of nitrogens with one attached hydrogen (secondary N) is 1. The van der Waals surface area contributed by atoms with E-state index in [2.05, 4.69) is 5.32 Å². The van der Waals surface area contributed by atoms with Crippen molar-refractivity contribution in [3.63, 3.8) is 0 Å². The average Bonchev–Trinajstić information content (AvgIpc) is 2.82. The second-order valence-corrected chi connectivity index (χ2v) is 8.83. The van der Waals surface area contributed by atoms with E-state index >= 15 is 0 Å². The van der Waals surface area contributed by atoms with Crippen molar-refractivity contribution >= 4 is 46.8 Å². The Morgan fingerprint density at radius 3 is 2.09 bits per heavy atom. The van der Waals surface area contributed by atoms with Gasteiger partial charge in [-0.25, -0.2) is 4.79 Å². The monoisotopic (exact) mass is 482 g/mol. The molecule has 2 amide bonds. The van der Waals surface area contributed by atoms with Crippen molar-refractivity contribution in [3.05, 3.63) is 94.5 Å². The van der Waals surface area contributed by atoms with Crippen molar-refractivity contribution in [3.8, 4) is 0 Å². The lowest BCUT2D eigenvalue weighted by molar-refractivity contribution is -0.119. The maximum Gasteiger partial charge on any atom is 0.338 e. The number of hydrogen-bond acceptors (Lipinski definition) is 5. The number of amides is 2. The summed E-state index contributed by atoms with van der Waals surface area (Å²) in [6, 6.07) is 21.2. The molecule has 0 aliphatic carbocycles. The fraction of sp³-hybridized carbons (Fsp3) is 0.160. The number of carbonyl (C=O) groups is 3. The zero-order valence-corrected chi connectivity index (χ0v) is 19.8. The van der Waals surface area contributed by atoms with Crippen molar-refractivity contribution in [2.45, 2.75) is 10.6 Å². The third kappa shape index (κ3) is 7.37. The molecule has 0 spiro atoms. The van der Waals surface area contributed by atoms with Gasteiger partial charge in [-0.2, -0.15) is 0 Å². The quantitative estimate of drug-likeness (QED) is 0.356. The highest BCUT2D eigenvalue weighted by atomic mass is 35.5. The van der Waals surface area contributed by atoms with Gasteiger partial charge >= 0.3 is 5.97 Å². The number of benzene rings is 3. The summed E-state index contributed by atoms with van der Waals surface area (Å²) in [6.45, 7) is -0.411. The summed E-state index contributed by atoms with van der Waals surface area (Å²) >= 11 is 7.56. The van der Waals surface area contributed by atoms with Gasteiger partial charge in [-0.1, -0.05) is 23.7 Å². The fourth-order valence-electron chi connectivity index (χ4n) is 2.80. The predicted molar refractivity (Wildman–Crippen MR) is 131 cm³/mol. The number of carbonyl (C=O) groups excluding carboxylic acids is 3. The molecule has 0 atom stereocenters. The Kier molecular flexibility index (Phi) is 8.52. The van der Waals surface area contributed by atoms with Crippen LogP contribution in [-0.4, -0.2) is 43.4 Å². The first-order valence-electron chi connectivity index (χ1n) is 10.1. The largest absolute Gasteiger partial charge is 0.452 e. The molecule has 1 N–H and O–H groups in total. The smallest absolute Gasteiger partial charge is 0.338 e. The van der Waals surface area contributed by atoms with Crippen LogP contribution in [-0.2, 0) is 15.3 Å². The van der Waals surface area contributed by atoms with Gasteiger partial charge in [0.1, 0.15) is 0 Å². The molecule has 0 radical (unpaired) electrons. The topological polar surface area (TPSA) is 75.7 Å². The van der Waals surface area contributed by atoms with Gasteiger partial charge in [-0.15, -0.1) is 11.8 Å². The van der Waals surface area contributed by atoms with Crippen LogP contribution in [0.4, 0.5) is 5.69 Å². The van der Waals surface area contributed by atoms with Gasteiger partial charge in [0.25, 0.3) is 11.8 Å². The lowest BCUT2D eigenvalue weighted by Crippen LogP contribution is -2.22. The minimum atomic E-state index is -0.575. The van der Waals surface area contributed by atoms with E-state index in [4.69, 9.17) is 16.3 Å². The molecule has 0 unspecified atom stereocenters. The summed E-state index contributed by atoms with van der Waals surface area (Å²) in [4.78, 5) is 38.8. The molecule has 0 fully saturated rings. The molecule has 170 valence electrons. The van der Waals surface area contributed by atoms with Crippen molar-refractivity contribution in [1.82, 2.24) is 4.90 Å². The molecule has 0 saturated carbocycles. The molecular weight excluding hydrogens is 460 g/mol. The molecule has 0 bridgehead atoms. The molecule has 6 nitrogen and oxygen atoms in total. The van der Waals surface area contributed by atoms with Crippen LogP contribution < -0.4 is 5.32 Å². The predicted octanol–water partition coefficient (Wildman–Crippen LogP) is 5.13. The highest BCUT2D eigenvalue weighted by Gasteiger charge is 2.12. The fourth-order valence-corrected chi connectivity index (χ4v) is 3.78. The first kappa shape index (κ1) is 24.4. The minimum Gasteiger partial charge on any atom is -0.452 e. The van der Waals surface area contributed by atoms with Crippen molar-refractivity contribution in [1.29, 1.82) is 0 Å². The van der Waals surface area contributed by atoms with E-state index in [0.29, 0.717) is 21.8 Å². The molecule has 0 saturated heterocycles. The van der Waals surface area contributed by atoms with Crippen LogP contribution in [0.1, 0.15) is 26.3 Å². The number of ether oxygens (including phenoxy) is 1. The summed E-state index contributed by atoms with van der Waals surface area (Å²) in [5, 5.41) is 3.34. The Hall–Kier alpha value is -3.29. The Balaban J connectivity index is 1.45. The third-order valence-corrected chi connectivity index (χ3v) is 5.90. The van der Waals surface area contributed by atoms with E-state index < -0.39 is 18.5 Å². The Labute approximate surface area is 201 Å². The molecule has 3 rings (SSSR count). The lowest BCUT2D eigenvalue weighted by Gasteiger charge is -2.11. The van der Waals surface area contributed by atoms with Gasteiger partial charge in [-0.3, -0.25) is 9.59 Å². The Morgan fingerprint density at radius 2 is 1.48 bits per heavy atom. The molecule has 3 aromatic rings. The number of esters is 1. The first-order valence-corrected chi connectivity index (χ1v) is 11.4. The highest BCUT2D eigenvalue weighted by Crippen LogP contribution is 2.24. The average molecular weight is 483 g/mol. The third-order valence-electron chi connectivity index (χ3n) is 4.56. The summed E-state index contributed by atoms with van der Waals surface area (Å²) in [5.41, 5.74) is 2.45. The summed E-state index contributed by atoms with van der Waals surface area (Å²) in [6.07, 6.45) is 0. The van der Waals surface area contributed by atoms with Gasteiger partial charge in [-0.05, 0) is 66.2 Å². The van der Waals surface area contributed by atoms with Crippen molar-refractivity contribution < 1.29 is 19.1 Å². The van der Waals surface area contributed by atoms with Crippen LogP contribution in [0.5, 0.6) is 0 Å². The molecule has 0 heterocycles. The number of rotatable bonds is 8. The summed E-state index contributed by atoms with van der Waals surface area (Å²) in [7, 11) is 3.33. The van der Waals surface area contributed by atoms with E-state index in [0.717, 1.165) is 16.2 Å². The van der Waals surface area contributed by atoms with Gasteiger partial charge in [0.15, 0.2) is 6.61 Å². The normalized spacial score (nSPS) is 10.4. The van der Waals surface area contributed by atoms with Crippen molar-refractivity contribution in [2.24, 2.45) is 0 Å². The zero-order chi connectivity index (χ0) is 23.8. The molecule has 8 heteroatoms. The highest BCUT2D eigenvalue weighted by molar-refractivity contribution is 7.98. The van der Waals surface area contributed by atoms with Crippen LogP contribution in [0.3, 0.4) is 0 Å². The van der Waals surface area contributed by atoms with Gasteiger partial charge in [0.2, 0.25) is 0 Å². The van der Waals surface area contributed by atoms with Crippen molar-refractivity contribution in [2.75, 3.05) is 26.0 Å². The van der Waals surface area contributed by atoms with Gasteiger partial charge in [0.05, 0.1) is 5.56 Å². The molecule has 0 aliphatic heterocycles.